The quantitative estimate of drug-likeness (QED) is 0.294. The summed E-state index contributed by atoms with van der Waals surface area (Å²) in [6, 6.07) is 19.3. The molecule has 4 aromatic rings. The molecule has 0 aliphatic heterocycles. The molecule has 0 fully saturated rings. The molecule has 0 unspecified atom stereocenters. The molecule has 0 spiro atoms. The van der Waals surface area contributed by atoms with Gasteiger partial charge in [-0.2, -0.15) is 0 Å². The van der Waals surface area contributed by atoms with Gasteiger partial charge in [0.05, 0.1) is 0 Å². The number of benzene rings is 3. The Kier molecular flexibility index (Phi) is 6.30. The van der Waals surface area contributed by atoms with Crippen molar-refractivity contribution in [3.05, 3.63) is 76.3 Å². The van der Waals surface area contributed by atoms with Crippen LogP contribution < -0.4 is 10.1 Å². The molecule has 0 aliphatic carbocycles. The molecule has 1 amide bonds. The second kappa shape index (κ2) is 9.02. The van der Waals surface area contributed by atoms with Crippen LogP contribution in [0.4, 0.5) is 5.69 Å². The Bertz CT molecular complexity index is 1310. The minimum atomic E-state index is -1.07. The number of carbonyl (C=O) groups is 1. The molecule has 0 radical (unpaired) electrons. The number of hydrogen-bond donors (Lipinski definition) is 1. The first kappa shape index (κ1) is 23.1. The summed E-state index contributed by atoms with van der Waals surface area (Å²) in [5.41, 5.74) is 4.13. The van der Waals surface area contributed by atoms with Gasteiger partial charge in [-0.1, -0.05) is 41.9 Å². The second-order valence-electron chi connectivity index (χ2n) is 8.95. The maximum Gasteiger partial charge on any atom is 0.267 e. The fourth-order valence-electron chi connectivity index (χ4n) is 3.43. The lowest BCUT2D eigenvalue weighted by atomic mass is 10.0. The van der Waals surface area contributed by atoms with E-state index in [0.717, 1.165) is 26.7 Å². The zero-order chi connectivity index (χ0) is 23.8. The van der Waals surface area contributed by atoms with Crippen LogP contribution in [0.3, 0.4) is 0 Å². The standard InChI is InChI=1S/C27H27BrN2O3/c1-16(2)18-8-13-24-23(14-18)29-25(32-24)19-7-6-17(3)22(15-19)30-26(31)27(4,5)33-21-11-9-20(28)10-12-21/h6-16H,1-5H3,(H,30,31). The lowest BCUT2D eigenvalue weighted by Gasteiger charge is -2.26. The number of carbonyl (C=O) groups excluding carboxylic acids is 1. The predicted molar refractivity (Wildman–Crippen MR) is 136 cm³/mol. The number of nitrogens with one attached hydrogen (secondary N) is 1. The molecule has 1 heterocycles. The number of amides is 1. The van der Waals surface area contributed by atoms with Crippen molar-refractivity contribution in [3.8, 4) is 17.2 Å². The largest absolute Gasteiger partial charge is 0.478 e. The molecular weight excluding hydrogens is 480 g/mol. The smallest absolute Gasteiger partial charge is 0.267 e. The SMILES string of the molecule is Cc1ccc(-c2nc3cc(C(C)C)ccc3o2)cc1NC(=O)C(C)(C)Oc1ccc(Br)cc1. The van der Waals surface area contributed by atoms with Crippen LogP contribution in [-0.4, -0.2) is 16.5 Å². The first-order valence-corrected chi connectivity index (χ1v) is 11.7. The van der Waals surface area contributed by atoms with Gasteiger partial charge in [-0.15, -0.1) is 0 Å². The molecule has 4 rings (SSSR count). The van der Waals surface area contributed by atoms with E-state index in [2.05, 4.69) is 52.2 Å². The van der Waals surface area contributed by atoms with Crippen molar-refractivity contribution in [2.24, 2.45) is 0 Å². The van der Waals surface area contributed by atoms with Crippen molar-refractivity contribution in [2.45, 2.75) is 46.1 Å². The molecule has 5 nitrogen and oxygen atoms in total. The maximum absolute atomic E-state index is 13.1. The highest BCUT2D eigenvalue weighted by Gasteiger charge is 2.30. The van der Waals surface area contributed by atoms with E-state index in [-0.39, 0.29) is 5.91 Å². The number of rotatable bonds is 6. The van der Waals surface area contributed by atoms with E-state index in [9.17, 15) is 4.79 Å². The first-order valence-electron chi connectivity index (χ1n) is 10.9. The highest BCUT2D eigenvalue weighted by Crippen LogP contribution is 2.30. The Hall–Kier alpha value is -3.12. The van der Waals surface area contributed by atoms with Crippen LogP contribution in [0.2, 0.25) is 0 Å². The predicted octanol–water partition coefficient (Wildman–Crippen LogP) is 7.49. The maximum atomic E-state index is 13.1. The van der Waals surface area contributed by atoms with Crippen molar-refractivity contribution in [1.29, 1.82) is 0 Å². The molecule has 0 atom stereocenters. The van der Waals surface area contributed by atoms with Gasteiger partial charge in [-0.25, -0.2) is 4.98 Å². The van der Waals surface area contributed by atoms with Gasteiger partial charge in [0.15, 0.2) is 11.2 Å². The molecule has 0 aliphatic rings. The van der Waals surface area contributed by atoms with E-state index >= 15 is 0 Å². The first-order chi connectivity index (χ1) is 15.6. The van der Waals surface area contributed by atoms with E-state index in [4.69, 9.17) is 9.15 Å². The summed E-state index contributed by atoms with van der Waals surface area (Å²) in [6.07, 6.45) is 0. The third-order valence-corrected chi connectivity index (χ3v) is 6.07. The average molecular weight is 507 g/mol. The number of halogens is 1. The summed E-state index contributed by atoms with van der Waals surface area (Å²) in [6.45, 7) is 9.74. The number of anilines is 1. The van der Waals surface area contributed by atoms with Crippen molar-refractivity contribution < 1.29 is 13.9 Å². The van der Waals surface area contributed by atoms with Gasteiger partial charge < -0.3 is 14.5 Å². The minimum Gasteiger partial charge on any atom is -0.478 e. The van der Waals surface area contributed by atoms with Crippen LogP contribution in [0.1, 0.15) is 44.7 Å². The lowest BCUT2D eigenvalue weighted by molar-refractivity contribution is -0.128. The van der Waals surface area contributed by atoms with Crippen LogP contribution in [0, 0.1) is 6.92 Å². The number of oxazole rings is 1. The molecule has 0 saturated heterocycles. The van der Waals surface area contributed by atoms with Gasteiger partial charge in [0.25, 0.3) is 5.91 Å². The number of fused-ring (bicyclic) bond motifs is 1. The van der Waals surface area contributed by atoms with E-state index in [1.165, 1.54) is 5.56 Å². The molecule has 0 saturated carbocycles. The number of aryl methyl sites for hydroxylation is 1. The average Bonchev–Trinajstić information content (AvgIpc) is 3.20. The third kappa shape index (κ3) is 5.11. The van der Waals surface area contributed by atoms with Gasteiger partial charge >= 0.3 is 0 Å². The summed E-state index contributed by atoms with van der Waals surface area (Å²) in [5.74, 6) is 1.31. The molecule has 1 N–H and O–H groups in total. The van der Waals surface area contributed by atoms with E-state index in [0.29, 0.717) is 23.2 Å². The molecule has 170 valence electrons. The third-order valence-electron chi connectivity index (χ3n) is 5.54. The zero-order valence-electron chi connectivity index (χ0n) is 19.4. The van der Waals surface area contributed by atoms with Crippen LogP contribution in [-0.2, 0) is 4.79 Å². The fraction of sp³-hybridized carbons (Fsp3) is 0.259. The molecular formula is C27H27BrN2O3. The highest BCUT2D eigenvalue weighted by molar-refractivity contribution is 9.10. The zero-order valence-corrected chi connectivity index (χ0v) is 21.0. The van der Waals surface area contributed by atoms with Gasteiger partial charge in [-0.05, 0) is 86.3 Å². The Labute approximate surface area is 202 Å². The van der Waals surface area contributed by atoms with Crippen molar-refractivity contribution in [3.63, 3.8) is 0 Å². The van der Waals surface area contributed by atoms with Crippen LogP contribution in [0.25, 0.3) is 22.6 Å². The van der Waals surface area contributed by atoms with Gasteiger partial charge in [0.2, 0.25) is 5.89 Å². The Morgan fingerprint density at radius 2 is 1.79 bits per heavy atom. The number of aromatic nitrogens is 1. The second-order valence-corrected chi connectivity index (χ2v) is 9.87. The van der Waals surface area contributed by atoms with E-state index in [1.807, 2.05) is 55.5 Å². The number of ether oxygens (including phenoxy) is 1. The van der Waals surface area contributed by atoms with Crippen LogP contribution >= 0.6 is 15.9 Å². The van der Waals surface area contributed by atoms with Crippen molar-refractivity contribution >= 4 is 38.6 Å². The Balaban J connectivity index is 1.57. The molecule has 6 heteroatoms. The molecule has 3 aromatic carbocycles. The minimum absolute atomic E-state index is 0.246. The molecule has 0 bridgehead atoms. The van der Waals surface area contributed by atoms with Gasteiger partial charge in [0.1, 0.15) is 11.3 Å². The number of hydrogen-bond acceptors (Lipinski definition) is 4. The summed E-state index contributed by atoms with van der Waals surface area (Å²) in [4.78, 5) is 17.7. The summed E-state index contributed by atoms with van der Waals surface area (Å²) in [7, 11) is 0. The molecule has 33 heavy (non-hydrogen) atoms. The summed E-state index contributed by atoms with van der Waals surface area (Å²) in [5, 5.41) is 3.01. The Morgan fingerprint density at radius 3 is 2.48 bits per heavy atom. The summed E-state index contributed by atoms with van der Waals surface area (Å²) < 4.78 is 12.9. The van der Waals surface area contributed by atoms with E-state index in [1.54, 1.807) is 13.8 Å². The van der Waals surface area contributed by atoms with Crippen molar-refractivity contribution in [2.75, 3.05) is 5.32 Å². The number of nitrogens with zero attached hydrogens (tertiary/aromatic N) is 1. The van der Waals surface area contributed by atoms with Gasteiger partial charge in [-0.3, -0.25) is 4.79 Å². The monoisotopic (exact) mass is 506 g/mol. The normalized spacial score (nSPS) is 11.7. The highest BCUT2D eigenvalue weighted by atomic mass is 79.9. The fourth-order valence-corrected chi connectivity index (χ4v) is 3.70. The van der Waals surface area contributed by atoms with E-state index < -0.39 is 5.60 Å². The van der Waals surface area contributed by atoms with Crippen LogP contribution in [0.15, 0.2) is 69.6 Å². The summed E-state index contributed by atoms with van der Waals surface area (Å²) >= 11 is 3.41. The van der Waals surface area contributed by atoms with Crippen LogP contribution in [0.5, 0.6) is 5.75 Å². The molecule has 1 aromatic heterocycles. The van der Waals surface area contributed by atoms with Gasteiger partial charge in [0, 0.05) is 15.7 Å². The topological polar surface area (TPSA) is 64.4 Å². The Morgan fingerprint density at radius 1 is 1.06 bits per heavy atom. The van der Waals surface area contributed by atoms with Crippen molar-refractivity contribution in [1.82, 2.24) is 4.98 Å². The lowest BCUT2D eigenvalue weighted by Crippen LogP contribution is -2.42.